The van der Waals surface area contributed by atoms with Gasteiger partial charge in [-0.3, -0.25) is 0 Å². The van der Waals surface area contributed by atoms with Gasteiger partial charge in [0, 0.05) is 19.7 Å². The number of nitrogens with one attached hydrogen (secondary N) is 1. The van der Waals surface area contributed by atoms with Crippen molar-refractivity contribution in [1.29, 1.82) is 0 Å². The van der Waals surface area contributed by atoms with E-state index >= 15 is 0 Å². The van der Waals surface area contributed by atoms with E-state index in [2.05, 4.69) is 5.32 Å². The Hall–Kier alpha value is -0.770. The van der Waals surface area contributed by atoms with E-state index in [0.29, 0.717) is 13.2 Å². The molecule has 1 aliphatic heterocycles. The van der Waals surface area contributed by atoms with Gasteiger partial charge in [-0.25, -0.2) is 4.79 Å². The highest BCUT2D eigenvalue weighted by Gasteiger charge is 2.17. The van der Waals surface area contributed by atoms with Crippen molar-refractivity contribution in [2.45, 2.75) is 39.2 Å². The summed E-state index contributed by atoms with van der Waals surface area (Å²) in [7, 11) is 0. The lowest BCUT2D eigenvalue weighted by atomic mass is 10.1. The van der Waals surface area contributed by atoms with Crippen LogP contribution in [-0.2, 0) is 4.74 Å². The zero-order valence-corrected chi connectivity index (χ0v) is 9.79. The molecule has 1 rings (SSSR count). The summed E-state index contributed by atoms with van der Waals surface area (Å²) in [6, 6.07) is 0.154. The number of carbonyl (C=O) groups excluding carboxylic acids is 1. The summed E-state index contributed by atoms with van der Waals surface area (Å²) >= 11 is 0. The lowest BCUT2D eigenvalue weighted by Gasteiger charge is -2.28. The Morgan fingerprint density at radius 1 is 1.40 bits per heavy atom. The molecule has 1 aliphatic rings. The van der Waals surface area contributed by atoms with E-state index < -0.39 is 0 Å². The third-order valence-corrected chi connectivity index (χ3v) is 2.59. The maximum absolute atomic E-state index is 11.7. The van der Waals surface area contributed by atoms with Crippen LogP contribution in [0, 0.1) is 0 Å². The van der Waals surface area contributed by atoms with E-state index in [4.69, 9.17) is 4.74 Å². The van der Waals surface area contributed by atoms with Crippen LogP contribution in [0.15, 0.2) is 0 Å². The molecule has 1 fully saturated rings. The highest BCUT2D eigenvalue weighted by molar-refractivity contribution is 5.74. The molecule has 0 saturated carbocycles. The minimum atomic E-state index is 0.0573. The number of piperidine rings is 1. The van der Waals surface area contributed by atoms with Gasteiger partial charge in [0.1, 0.15) is 0 Å². The molecule has 88 valence electrons. The van der Waals surface area contributed by atoms with Crippen molar-refractivity contribution in [3.05, 3.63) is 0 Å². The molecular weight excluding hydrogens is 192 g/mol. The molecule has 0 radical (unpaired) electrons. The average molecular weight is 214 g/mol. The molecule has 0 spiro atoms. The van der Waals surface area contributed by atoms with E-state index in [1.54, 1.807) is 0 Å². The number of amides is 2. The normalized spacial score (nSPS) is 18.7. The molecule has 0 aromatic heterocycles. The van der Waals surface area contributed by atoms with Crippen LogP contribution in [-0.4, -0.2) is 43.3 Å². The van der Waals surface area contributed by atoms with Crippen LogP contribution in [0.1, 0.15) is 33.1 Å². The molecule has 4 heteroatoms. The Morgan fingerprint density at radius 2 is 2.07 bits per heavy atom. The fraction of sp³-hybridized carbons (Fsp3) is 0.909. The molecule has 1 atom stereocenters. The number of carbonyl (C=O) groups is 1. The van der Waals surface area contributed by atoms with E-state index in [-0.39, 0.29) is 12.1 Å². The van der Waals surface area contributed by atoms with Gasteiger partial charge in [-0.15, -0.1) is 0 Å². The zero-order chi connectivity index (χ0) is 11.1. The Labute approximate surface area is 92.0 Å². The second kappa shape index (κ2) is 6.67. The number of hydrogen-bond donors (Lipinski definition) is 1. The molecule has 0 aromatic rings. The highest BCUT2D eigenvalue weighted by Crippen LogP contribution is 2.08. The average Bonchev–Trinajstić information content (AvgIpc) is 2.27. The summed E-state index contributed by atoms with van der Waals surface area (Å²) in [6.45, 7) is 7.01. The first kappa shape index (κ1) is 12.3. The second-order valence-electron chi connectivity index (χ2n) is 4.06. The molecular formula is C11H22N2O2. The van der Waals surface area contributed by atoms with Crippen molar-refractivity contribution < 1.29 is 9.53 Å². The van der Waals surface area contributed by atoms with Crippen molar-refractivity contribution in [3.63, 3.8) is 0 Å². The van der Waals surface area contributed by atoms with Crippen LogP contribution in [0.5, 0.6) is 0 Å². The van der Waals surface area contributed by atoms with Crippen LogP contribution in [0.25, 0.3) is 0 Å². The van der Waals surface area contributed by atoms with Gasteiger partial charge in [0.05, 0.1) is 12.6 Å². The summed E-state index contributed by atoms with van der Waals surface area (Å²) in [5.41, 5.74) is 0. The highest BCUT2D eigenvalue weighted by atomic mass is 16.5. The number of nitrogens with zero attached hydrogens (tertiary/aromatic N) is 1. The summed E-state index contributed by atoms with van der Waals surface area (Å²) in [4.78, 5) is 13.6. The lowest BCUT2D eigenvalue weighted by Crippen LogP contribution is -2.47. The fourth-order valence-electron chi connectivity index (χ4n) is 1.74. The summed E-state index contributed by atoms with van der Waals surface area (Å²) in [6.07, 6.45) is 3.51. The number of likely N-dealkylation sites (tertiary alicyclic amines) is 1. The molecule has 4 nitrogen and oxygen atoms in total. The Morgan fingerprint density at radius 3 is 2.67 bits per heavy atom. The van der Waals surface area contributed by atoms with Gasteiger partial charge < -0.3 is 15.0 Å². The van der Waals surface area contributed by atoms with Gasteiger partial charge in [-0.1, -0.05) is 0 Å². The van der Waals surface area contributed by atoms with Crippen LogP contribution >= 0.6 is 0 Å². The zero-order valence-electron chi connectivity index (χ0n) is 9.79. The third-order valence-electron chi connectivity index (χ3n) is 2.59. The molecule has 15 heavy (non-hydrogen) atoms. The van der Waals surface area contributed by atoms with Gasteiger partial charge in [-0.2, -0.15) is 0 Å². The maximum atomic E-state index is 11.7. The van der Waals surface area contributed by atoms with E-state index in [9.17, 15) is 4.79 Å². The minimum absolute atomic E-state index is 0.0573. The quantitative estimate of drug-likeness (QED) is 0.772. The number of ether oxygens (including phenoxy) is 1. The molecule has 0 aliphatic carbocycles. The van der Waals surface area contributed by atoms with Gasteiger partial charge in [0.15, 0.2) is 0 Å². The van der Waals surface area contributed by atoms with Crippen LogP contribution in [0.2, 0.25) is 0 Å². The lowest BCUT2D eigenvalue weighted by molar-refractivity contribution is 0.123. The predicted octanol–water partition coefficient (Wildman–Crippen LogP) is 1.61. The van der Waals surface area contributed by atoms with Crippen LogP contribution < -0.4 is 5.32 Å². The number of rotatable bonds is 4. The minimum Gasteiger partial charge on any atom is -0.380 e. The van der Waals surface area contributed by atoms with Crippen molar-refractivity contribution in [3.8, 4) is 0 Å². The Kier molecular flexibility index (Phi) is 5.47. The third kappa shape index (κ3) is 4.51. The molecule has 1 unspecified atom stereocenters. The SMILES string of the molecule is CCOCC(C)NC(=O)N1CCCCC1. The Balaban J connectivity index is 2.21. The van der Waals surface area contributed by atoms with Gasteiger partial charge in [-0.05, 0) is 33.1 Å². The monoisotopic (exact) mass is 214 g/mol. The summed E-state index contributed by atoms with van der Waals surface area (Å²) in [5.74, 6) is 0. The van der Waals surface area contributed by atoms with Crippen molar-refractivity contribution in [1.82, 2.24) is 10.2 Å². The molecule has 2 amide bonds. The smallest absolute Gasteiger partial charge is 0.317 e. The molecule has 0 bridgehead atoms. The summed E-state index contributed by atoms with van der Waals surface area (Å²) < 4.78 is 5.25. The predicted molar refractivity (Wildman–Crippen MR) is 59.9 cm³/mol. The number of urea groups is 1. The molecule has 0 aromatic carbocycles. The van der Waals surface area contributed by atoms with Crippen LogP contribution in [0.3, 0.4) is 0 Å². The topological polar surface area (TPSA) is 41.6 Å². The standard InChI is InChI=1S/C11H22N2O2/c1-3-15-9-10(2)12-11(14)13-7-5-4-6-8-13/h10H,3-9H2,1-2H3,(H,12,14). The van der Waals surface area contributed by atoms with E-state index in [1.165, 1.54) is 6.42 Å². The molecule has 1 saturated heterocycles. The van der Waals surface area contributed by atoms with Crippen molar-refractivity contribution >= 4 is 6.03 Å². The molecule has 1 N–H and O–H groups in total. The Bertz CT molecular complexity index is 191. The van der Waals surface area contributed by atoms with Gasteiger partial charge >= 0.3 is 6.03 Å². The first-order valence-corrected chi connectivity index (χ1v) is 5.87. The number of hydrogen-bond acceptors (Lipinski definition) is 2. The first-order valence-electron chi connectivity index (χ1n) is 5.87. The van der Waals surface area contributed by atoms with Crippen molar-refractivity contribution in [2.24, 2.45) is 0 Å². The van der Waals surface area contributed by atoms with Crippen molar-refractivity contribution in [2.75, 3.05) is 26.3 Å². The summed E-state index contributed by atoms with van der Waals surface area (Å²) in [5, 5.41) is 2.95. The molecule has 1 heterocycles. The largest absolute Gasteiger partial charge is 0.380 e. The van der Waals surface area contributed by atoms with Gasteiger partial charge in [0.2, 0.25) is 0 Å². The van der Waals surface area contributed by atoms with Crippen LogP contribution in [0.4, 0.5) is 4.79 Å². The fourth-order valence-corrected chi connectivity index (χ4v) is 1.74. The van der Waals surface area contributed by atoms with Gasteiger partial charge in [0.25, 0.3) is 0 Å². The van der Waals surface area contributed by atoms with E-state index in [0.717, 1.165) is 25.9 Å². The second-order valence-corrected chi connectivity index (χ2v) is 4.06. The first-order chi connectivity index (χ1) is 7.24. The van der Waals surface area contributed by atoms with E-state index in [1.807, 2.05) is 18.7 Å². The maximum Gasteiger partial charge on any atom is 0.317 e.